The van der Waals surface area contributed by atoms with E-state index in [0.29, 0.717) is 30.7 Å². The molecule has 0 saturated carbocycles. The largest absolute Gasteiger partial charge is 0.384 e. The van der Waals surface area contributed by atoms with Gasteiger partial charge >= 0.3 is 0 Å². The molecule has 1 saturated heterocycles. The molecule has 0 aliphatic carbocycles. The zero-order valence-corrected chi connectivity index (χ0v) is 17.7. The Labute approximate surface area is 174 Å². The van der Waals surface area contributed by atoms with Crippen LogP contribution >= 0.6 is 11.3 Å². The molecule has 1 aliphatic rings. The van der Waals surface area contributed by atoms with E-state index < -0.39 is 0 Å². The number of anilines is 1. The summed E-state index contributed by atoms with van der Waals surface area (Å²) in [5.74, 6) is 0.795. The molecule has 7 nitrogen and oxygen atoms in total. The van der Waals surface area contributed by atoms with Gasteiger partial charge in [-0.2, -0.15) is 0 Å². The first kappa shape index (κ1) is 19.7. The molecule has 0 aromatic carbocycles. The number of hydrogen-bond acceptors (Lipinski definition) is 7. The topological polar surface area (TPSA) is 80.2 Å². The number of aromatic nitrogens is 3. The van der Waals surface area contributed by atoms with Gasteiger partial charge in [0.15, 0.2) is 5.69 Å². The van der Waals surface area contributed by atoms with Crippen molar-refractivity contribution in [2.24, 2.45) is 5.92 Å². The van der Waals surface area contributed by atoms with Crippen molar-refractivity contribution >= 4 is 33.4 Å². The van der Waals surface area contributed by atoms with Gasteiger partial charge < -0.3 is 15.0 Å². The fraction of sp³-hybridized carbons (Fsp3) is 0.429. The summed E-state index contributed by atoms with van der Waals surface area (Å²) in [6.45, 7) is 6.14. The van der Waals surface area contributed by atoms with E-state index in [1.165, 1.54) is 0 Å². The average Bonchev–Trinajstić information content (AvgIpc) is 3.33. The monoisotopic (exact) mass is 411 g/mol. The maximum Gasteiger partial charge on any atom is 0.274 e. The van der Waals surface area contributed by atoms with Gasteiger partial charge in [0.2, 0.25) is 5.95 Å². The highest BCUT2D eigenvalue weighted by Gasteiger charge is 2.29. The number of nitrogens with one attached hydrogen (secondary N) is 1. The minimum atomic E-state index is -0.0748. The third-order valence-electron chi connectivity index (χ3n) is 5.15. The Bertz CT molecular complexity index is 1010. The van der Waals surface area contributed by atoms with Gasteiger partial charge in [0.1, 0.15) is 0 Å². The van der Waals surface area contributed by atoms with Crippen LogP contribution in [0.25, 0.3) is 10.2 Å². The molecule has 29 heavy (non-hydrogen) atoms. The number of carbonyl (C=O) groups excluding carboxylic acids is 1. The van der Waals surface area contributed by atoms with E-state index in [2.05, 4.69) is 20.3 Å². The molecule has 1 fully saturated rings. The molecule has 3 aromatic rings. The van der Waals surface area contributed by atoms with Gasteiger partial charge in [-0.15, -0.1) is 11.3 Å². The van der Waals surface area contributed by atoms with Gasteiger partial charge in [-0.05, 0) is 38.5 Å². The predicted octanol–water partition coefficient (Wildman–Crippen LogP) is 3.68. The van der Waals surface area contributed by atoms with E-state index in [1.54, 1.807) is 24.6 Å². The number of methoxy groups -OCH3 is 1. The number of hydrogen-bond donors (Lipinski definition) is 1. The molecule has 0 bridgehead atoms. The smallest absolute Gasteiger partial charge is 0.274 e. The summed E-state index contributed by atoms with van der Waals surface area (Å²) < 4.78 is 6.11. The first-order valence-electron chi connectivity index (χ1n) is 9.79. The van der Waals surface area contributed by atoms with Crippen molar-refractivity contribution in [1.29, 1.82) is 0 Å². The summed E-state index contributed by atoms with van der Waals surface area (Å²) in [5.41, 5.74) is 2.17. The molecular weight excluding hydrogens is 386 g/mol. The van der Waals surface area contributed by atoms with Gasteiger partial charge in [-0.3, -0.25) is 9.78 Å². The third-order valence-corrected chi connectivity index (χ3v) is 6.20. The summed E-state index contributed by atoms with van der Waals surface area (Å²) in [7, 11) is 1.70. The van der Waals surface area contributed by atoms with E-state index in [-0.39, 0.29) is 11.9 Å². The molecule has 0 unspecified atom stereocenters. The lowest BCUT2D eigenvalue weighted by Gasteiger charge is -2.18. The van der Waals surface area contributed by atoms with Crippen molar-refractivity contribution in [1.82, 2.24) is 19.9 Å². The standard InChI is InChI=1S/C21H25N5O2S/c1-13-10-17-19(29-13)18(20(27)26-9-7-15(11-26)12-28-3)25-21(24-17)23-14(2)16-6-4-5-8-22-16/h4-6,8,10,14-15H,7,9,11-12H2,1-3H3,(H,23,24,25)/t14-,15-/m0/s1. The van der Waals surface area contributed by atoms with Crippen molar-refractivity contribution in [2.75, 3.05) is 32.1 Å². The van der Waals surface area contributed by atoms with Gasteiger partial charge in [-0.1, -0.05) is 6.07 Å². The third kappa shape index (κ3) is 4.23. The average molecular weight is 412 g/mol. The van der Waals surface area contributed by atoms with Crippen LogP contribution in [0.3, 0.4) is 0 Å². The second-order valence-electron chi connectivity index (χ2n) is 7.45. The Morgan fingerprint density at radius 2 is 2.28 bits per heavy atom. The molecule has 1 N–H and O–H groups in total. The number of rotatable bonds is 6. The fourth-order valence-electron chi connectivity index (χ4n) is 3.70. The molecular formula is C21H25N5O2S. The highest BCUT2D eigenvalue weighted by molar-refractivity contribution is 7.19. The number of aryl methyl sites for hydroxylation is 1. The van der Waals surface area contributed by atoms with E-state index >= 15 is 0 Å². The number of pyridine rings is 1. The first-order chi connectivity index (χ1) is 14.0. The van der Waals surface area contributed by atoms with Crippen LogP contribution in [0.15, 0.2) is 30.5 Å². The van der Waals surface area contributed by atoms with Crippen LogP contribution < -0.4 is 5.32 Å². The predicted molar refractivity (Wildman–Crippen MR) is 114 cm³/mol. The zero-order valence-electron chi connectivity index (χ0n) is 16.9. The molecule has 0 spiro atoms. The molecule has 4 rings (SSSR count). The van der Waals surface area contributed by atoms with Crippen LogP contribution in [0.1, 0.15) is 40.4 Å². The normalized spacial score (nSPS) is 17.6. The molecule has 152 valence electrons. The first-order valence-corrected chi connectivity index (χ1v) is 10.6. The van der Waals surface area contributed by atoms with Crippen molar-refractivity contribution < 1.29 is 9.53 Å². The highest BCUT2D eigenvalue weighted by Crippen LogP contribution is 2.30. The number of carbonyl (C=O) groups is 1. The van der Waals surface area contributed by atoms with E-state index in [0.717, 1.165) is 33.8 Å². The fourth-order valence-corrected chi connectivity index (χ4v) is 4.63. The van der Waals surface area contributed by atoms with Crippen molar-refractivity contribution in [3.63, 3.8) is 0 Å². The Kier molecular flexibility index (Phi) is 5.73. The Hall–Kier alpha value is -2.58. The maximum absolute atomic E-state index is 13.3. The van der Waals surface area contributed by atoms with Crippen LogP contribution in [-0.2, 0) is 4.74 Å². The molecule has 3 aromatic heterocycles. The maximum atomic E-state index is 13.3. The van der Waals surface area contributed by atoms with Gasteiger partial charge in [0.05, 0.1) is 28.6 Å². The lowest BCUT2D eigenvalue weighted by atomic mass is 10.1. The minimum Gasteiger partial charge on any atom is -0.384 e. The number of fused-ring (bicyclic) bond motifs is 1. The molecule has 4 heterocycles. The lowest BCUT2D eigenvalue weighted by Crippen LogP contribution is -2.30. The summed E-state index contributed by atoms with van der Waals surface area (Å²) in [4.78, 5) is 29.9. The van der Waals surface area contributed by atoms with Gasteiger partial charge in [0, 0.05) is 37.2 Å². The molecule has 1 aliphatic heterocycles. The summed E-state index contributed by atoms with van der Waals surface area (Å²) in [5, 5.41) is 3.30. The Morgan fingerprint density at radius 3 is 3.03 bits per heavy atom. The Morgan fingerprint density at radius 1 is 1.41 bits per heavy atom. The van der Waals surface area contributed by atoms with Crippen LogP contribution in [0.5, 0.6) is 0 Å². The number of amides is 1. The SMILES string of the molecule is COC[C@H]1CCN(C(=O)c2nc(N[C@@H](C)c3ccccn3)nc3cc(C)sc23)C1. The van der Waals surface area contributed by atoms with Crippen LogP contribution in [-0.4, -0.2) is 52.6 Å². The summed E-state index contributed by atoms with van der Waals surface area (Å²) >= 11 is 1.56. The molecule has 8 heteroatoms. The number of likely N-dealkylation sites (tertiary alicyclic amines) is 1. The summed E-state index contributed by atoms with van der Waals surface area (Å²) in [6.07, 6.45) is 2.72. The van der Waals surface area contributed by atoms with Crippen molar-refractivity contribution in [2.45, 2.75) is 26.3 Å². The number of nitrogens with zero attached hydrogens (tertiary/aromatic N) is 4. The highest BCUT2D eigenvalue weighted by atomic mass is 32.1. The van der Waals surface area contributed by atoms with E-state index in [1.807, 2.05) is 43.0 Å². The van der Waals surface area contributed by atoms with Crippen LogP contribution in [0.4, 0.5) is 5.95 Å². The lowest BCUT2D eigenvalue weighted by molar-refractivity contribution is 0.0772. The quantitative estimate of drug-likeness (QED) is 0.667. The molecule has 2 atom stereocenters. The second kappa shape index (κ2) is 8.42. The number of ether oxygens (including phenoxy) is 1. The van der Waals surface area contributed by atoms with Crippen molar-refractivity contribution in [3.05, 3.63) is 46.7 Å². The second-order valence-corrected chi connectivity index (χ2v) is 8.71. The molecule has 0 radical (unpaired) electrons. The van der Waals surface area contributed by atoms with E-state index in [9.17, 15) is 4.79 Å². The van der Waals surface area contributed by atoms with Gasteiger partial charge in [0.25, 0.3) is 5.91 Å². The van der Waals surface area contributed by atoms with Crippen molar-refractivity contribution in [3.8, 4) is 0 Å². The zero-order chi connectivity index (χ0) is 20.4. The minimum absolute atomic E-state index is 0.0357. The number of thiophene rings is 1. The molecule has 1 amide bonds. The van der Waals surface area contributed by atoms with Crippen LogP contribution in [0, 0.1) is 12.8 Å². The van der Waals surface area contributed by atoms with E-state index in [4.69, 9.17) is 4.74 Å². The van der Waals surface area contributed by atoms with Crippen LogP contribution in [0.2, 0.25) is 0 Å². The Balaban J connectivity index is 1.63. The summed E-state index contributed by atoms with van der Waals surface area (Å²) in [6, 6.07) is 7.72. The van der Waals surface area contributed by atoms with Gasteiger partial charge in [-0.25, -0.2) is 9.97 Å².